The first kappa shape index (κ1) is 17.0. The number of ether oxygens (including phenoxy) is 1. The van der Waals surface area contributed by atoms with E-state index in [1.54, 1.807) is 50.2 Å². The highest BCUT2D eigenvalue weighted by Crippen LogP contribution is 2.35. The fourth-order valence-electron chi connectivity index (χ4n) is 2.59. The predicted octanol–water partition coefficient (Wildman–Crippen LogP) is 3.15. The van der Waals surface area contributed by atoms with Gasteiger partial charge in [-0.3, -0.25) is 0 Å². The van der Waals surface area contributed by atoms with Crippen LogP contribution in [0.1, 0.15) is 24.3 Å². The Balaban J connectivity index is 2.35. The number of aromatic nitrogens is 1. The molecule has 3 rings (SSSR count). The van der Waals surface area contributed by atoms with E-state index in [0.717, 1.165) is 3.97 Å². The van der Waals surface area contributed by atoms with Crippen LogP contribution in [0.15, 0.2) is 59.5 Å². The summed E-state index contributed by atoms with van der Waals surface area (Å²) in [5.74, 6) is -1.32. The zero-order valence-electron chi connectivity index (χ0n) is 13.7. The zero-order valence-corrected chi connectivity index (χ0v) is 14.5. The molecule has 0 aliphatic rings. The summed E-state index contributed by atoms with van der Waals surface area (Å²) in [7, 11) is -4.10. The molecular weight excluding hydrogens is 342 g/mol. The molecule has 0 bridgehead atoms. The highest BCUT2D eigenvalue weighted by Gasteiger charge is 2.31. The van der Waals surface area contributed by atoms with E-state index in [2.05, 4.69) is 0 Å². The number of carbonyl (C=O) groups excluding carboxylic acids is 1. The van der Waals surface area contributed by atoms with E-state index < -0.39 is 33.5 Å². The number of rotatable bonds is 4. The second-order valence-corrected chi connectivity index (χ2v) is 7.54. The average molecular weight is 359 g/mol. The molecule has 3 aromatic rings. The molecule has 0 fully saturated rings. The second kappa shape index (κ2) is 6.25. The molecule has 0 aliphatic carbocycles. The van der Waals surface area contributed by atoms with Crippen molar-refractivity contribution in [2.24, 2.45) is 0 Å². The van der Waals surface area contributed by atoms with Crippen LogP contribution in [0, 0.1) is 0 Å². The Labute approximate surface area is 145 Å². The lowest BCUT2D eigenvalue weighted by atomic mass is 10.2. The van der Waals surface area contributed by atoms with Crippen LogP contribution in [0.5, 0.6) is 5.75 Å². The number of fused-ring (bicyclic) bond motifs is 1. The maximum Gasteiger partial charge on any atom is 0.360 e. The van der Waals surface area contributed by atoms with Crippen molar-refractivity contribution in [1.82, 2.24) is 3.97 Å². The molecule has 1 N–H and O–H groups in total. The molecule has 1 aromatic heterocycles. The van der Waals surface area contributed by atoms with Crippen LogP contribution in [0.2, 0.25) is 0 Å². The fraction of sp³-hybridized carbons (Fsp3) is 0.167. The van der Waals surface area contributed by atoms with Crippen molar-refractivity contribution < 1.29 is 23.1 Å². The maximum absolute atomic E-state index is 13.1. The number of nitrogens with zero attached hydrogens (tertiary/aromatic N) is 1. The minimum absolute atomic E-state index is 0.00866. The minimum Gasteiger partial charge on any atom is -0.505 e. The summed E-state index contributed by atoms with van der Waals surface area (Å²) in [5.41, 5.74) is -0.196. The maximum atomic E-state index is 13.1. The van der Waals surface area contributed by atoms with Crippen LogP contribution in [0.3, 0.4) is 0 Å². The van der Waals surface area contributed by atoms with Crippen molar-refractivity contribution in [3.8, 4) is 5.75 Å². The van der Waals surface area contributed by atoms with Crippen LogP contribution < -0.4 is 0 Å². The van der Waals surface area contributed by atoms with Gasteiger partial charge in [0.25, 0.3) is 10.0 Å². The Morgan fingerprint density at radius 1 is 1.04 bits per heavy atom. The van der Waals surface area contributed by atoms with Crippen molar-refractivity contribution in [3.63, 3.8) is 0 Å². The molecular formula is C18H17NO5S. The Bertz CT molecular complexity index is 1040. The molecule has 0 saturated carbocycles. The quantitative estimate of drug-likeness (QED) is 0.723. The minimum atomic E-state index is -4.10. The molecule has 0 saturated heterocycles. The normalized spacial score (nSPS) is 11.8. The Morgan fingerprint density at radius 2 is 1.64 bits per heavy atom. The van der Waals surface area contributed by atoms with Crippen LogP contribution in [-0.2, 0) is 14.8 Å². The third-order valence-corrected chi connectivity index (χ3v) is 5.35. The molecule has 0 spiro atoms. The summed E-state index contributed by atoms with van der Waals surface area (Å²) >= 11 is 0. The number of carbonyl (C=O) groups is 1. The molecule has 0 amide bonds. The second-order valence-electron chi connectivity index (χ2n) is 5.75. The van der Waals surface area contributed by atoms with Gasteiger partial charge in [-0.25, -0.2) is 17.2 Å². The Hall–Kier alpha value is -2.80. The van der Waals surface area contributed by atoms with Crippen LogP contribution in [0.25, 0.3) is 10.9 Å². The molecule has 7 heteroatoms. The van der Waals surface area contributed by atoms with E-state index in [9.17, 15) is 18.3 Å². The van der Waals surface area contributed by atoms with Gasteiger partial charge in [-0.2, -0.15) is 0 Å². The summed E-state index contributed by atoms with van der Waals surface area (Å²) in [4.78, 5) is 12.5. The number of para-hydroxylation sites is 1. The first-order valence-corrected chi connectivity index (χ1v) is 9.12. The fourth-order valence-corrected chi connectivity index (χ4v) is 4.12. The average Bonchev–Trinajstić information content (AvgIpc) is 2.89. The molecule has 0 unspecified atom stereocenters. The summed E-state index contributed by atoms with van der Waals surface area (Å²) in [5, 5.41) is 10.7. The van der Waals surface area contributed by atoms with Gasteiger partial charge in [0, 0.05) is 5.39 Å². The lowest BCUT2D eigenvalue weighted by Crippen LogP contribution is -2.21. The highest BCUT2D eigenvalue weighted by molar-refractivity contribution is 7.90. The summed E-state index contributed by atoms with van der Waals surface area (Å²) in [6, 6.07) is 14.1. The van der Waals surface area contributed by atoms with Gasteiger partial charge in [-0.15, -0.1) is 0 Å². The molecule has 6 nitrogen and oxygen atoms in total. The van der Waals surface area contributed by atoms with Crippen molar-refractivity contribution in [2.45, 2.75) is 24.8 Å². The van der Waals surface area contributed by atoms with E-state index in [-0.39, 0.29) is 15.8 Å². The van der Waals surface area contributed by atoms with Crippen molar-refractivity contribution in [3.05, 3.63) is 60.3 Å². The van der Waals surface area contributed by atoms with Crippen molar-refractivity contribution in [1.29, 1.82) is 0 Å². The van der Waals surface area contributed by atoms with Crippen molar-refractivity contribution >= 4 is 26.9 Å². The van der Waals surface area contributed by atoms with E-state index in [1.165, 1.54) is 18.2 Å². The zero-order chi connectivity index (χ0) is 18.2. The number of esters is 1. The molecule has 1 heterocycles. The first-order valence-electron chi connectivity index (χ1n) is 7.68. The summed E-state index contributed by atoms with van der Waals surface area (Å²) < 4.78 is 32.2. The SMILES string of the molecule is CC(C)OC(=O)c1c(O)c2ccccc2n1S(=O)(=O)c1ccccc1. The number of hydrogen-bond acceptors (Lipinski definition) is 5. The van der Waals surface area contributed by atoms with Gasteiger partial charge in [0.1, 0.15) is 0 Å². The van der Waals surface area contributed by atoms with Gasteiger partial charge in [-0.1, -0.05) is 30.3 Å². The third-order valence-electron chi connectivity index (χ3n) is 3.62. The van der Waals surface area contributed by atoms with Gasteiger partial charge in [-0.05, 0) is 38.1 Å². The molecule has 0 atom stereocenters. The third kappa shape index (κ3) is 2.87. The van der Waals surface area contributed by atoms with E-state index in [1.807, 2.05) is 0 Å². The summed E-state index contributed by atoms with van der Waals surface area (Å²) in [6.45, 7) is 3.29. The smallest absolute Gasteiger partial charge is 0.360 e. The topological polar surface area (TPSA) is 85.6 Å². The molecule has 130 valence electrons. The number of benzene rings is 2. The molecule has 0 aliphatic heterocycles. The predicted molar refractivity (Wildman–Crippen MR) is 93.2 cm³/mol. The van der Waals surface area contributed by atoms with Gasteiger partial charge in [0.15, 0.2) is 11.4 Å². The van der Waals surface area contributed by atoms with Crippen molar-refractivity contribution in [2.75, 3.05) is 0 Å². The van der Waals surface area contributed by atoms with E-state index in [0.29, 0.717) is 0 Å². The van der Waals surface area contributed by atoms with Gasteiger partial charge >= 0.3 is 5.97 Å². The molecule has 2 aromatic carbocycles. The number of hydrogen-bond donors (Lipinski definition) is 1. The largest absolute Gasteiger partial charge is 0.505 e. The standard InChI is InChI=1S/C18H17NO5S/c1-12(2)24-18(21)16-17(20)14-10-6-7-11-15(14)19(16)25(22,23)13-8-4-3-5-9-13/h3-12,20H,1-2H3. The molecule has 0 radical (unpaired) electrons. The summed E-state index contributed by atoms with van der Waals surface area (Å²) in [6.07, 6.45) is -0.460. The van der Waals surface area contributed by atoms with Gasteiger partial charge in [0.2, 0.25) is 0 Å². The van der Waals surface area contributed by atoms with Crippen LogP contribution in [-0.4, -0.2) is 29.6 Å². The first-order chi connectivity index (χ1) is 11.8. The Kier molecular flexibility index (Phi) is 4.26. The molecule has 25 heavy (non-hydrogen) atoms. The lowest BCUT2D eigenvalue weighted by Gasteiger charge is -2.13. The number of aromatic hydroxyl groups is 1. The van der Waals surface area contributed by atoms with E-state index in [4.69, 9.17) is 4.74 Å². The van der Waals surface area contributed by atoms with Crippen LogP contribution >= 0.6 is 0 Å². The van der Waals surface area contributed by atoms with E-state index >= 15 is 0 Å². The highest BCUT2D eigenvalue weighted by atomic mass is 32.2. The monoisotopic (exact) mass is 359 g/mol. The van der Waals surface area contributed by atoms with Crippen LogP contribution in [0.4, 0.5) is 0 Å². The van der Waals surface area contributed by atoms with Gasteiger partial charge in [0.05, 0.1) is 16.5 Å². The van der Waals surface area contributed by atoms with Gasteiger partial charge < -0.3 is 9.84 Å². The Morgan fingerprint density at radius 3 is 2.28 bits per heavy atom. The lowest BCUT2D eigenvalue weighted by molar-refractivity contribution is 0.0366.